The molecule has 4 heterocycles. The van der Waals surface area contributed by atoms with Crippen molar-refractivity contribution < 1.29 is 4.79 Å². The number of fused-ring (bicyclic) bond motifs is 1. The van der Waals surface area contributed by atoms with E-state index in [0.29, 0.717) is 30.4 Å². The van der Waals surface area contributed by atoms with Gasteiger partial charge in [-0.25, -0.2) is 0 Å². The van der Waals surface area contributed by atoms with Crippen LogP contribution < -0.4 is 0 Å². The SMILES string of the molecule is Cn1nc(C(=O)N2CCn3c(nnc3-c3ccccn3)C2)cc1-c1ccc(Cl)cc1. The van der Waals surface area contributed by atoms with Crippen LogP contribution in [0.2, 0.25) is 5.02 Å². The molecular weight excluding hydrogens is 402 g/mol. The lowest BCUT2D eigenvalue weighted by atomic mass is 10.1. The first kappa shape index (κ1) is 18.5. The third-order valence-corrected chi connectivity index (χ3v) is 5.43. The van der Waals surface area contributed by atoms with Gasteiger partial charge in [0, 0.05) is 31.4 Å². The van der Waals surface area contributed by atoms with Gasteiger partial charge < -0.3 is 9.47 Å². The summed E-state index contributed by atoms with van der Waals surface area (Å²) in [5, 5.41) is 13.7. The minimum absolute atomic E-state index is 0.126. The molecule has 1 aromatic carbocycles. The molecule has 4 aromatic rings. The minimum atomic E-state index is -0.126. The lowest BCUT2D eigenvalue weighted by Crippen LogP contribution is -2.38. The molecule has 30 heavy (non-hydrogen) atoms. The summed E-state index contributed by atoms with van der Waals surface area (Å²) in [6.45, 7) is 1.54. The highest BCUT2D eigenvalue weighted by atomic mass is 35.5. The molecule has 3 aromatic heterocycles. The number of carbonyl (C=O) groups excluding carboxylic acids is 1. The molecule has 5 rings (SSSR count). The number of hydrogen-bond acceptors (Lipinski definition) is 5. The van der Waals surface area contributed by atoms with E-state index in [4.69, 9.17) is 11.6 Å². The molecule has 0 saturated heterocycles. The van der Waals surface area contributed by atoms with Gasteiger partial charge in [0.25, 0.3) is 5.91 Å². The molecule has 0 fully saturated rings. The number of benzene rings is 1. The van der Waals surface area contributed by atoms with Crippen molar-refractivity contribution in [3.05, 3.63) is 71.3 Å². The Hall–Kier alpha value is -3.52. The van der Waals surface area contributed by atoms with Gasteiger partial charge in [0.05, 0.1) is 12.2 Å². The molecule has 0 unspecified atom stereocenters. The van der Waals surface area contributed by atoms with E-state index in [0.717, 1.165) is 28.6 Å². The fraction of sp³-hybridized carbons (Fsp3) is 0.190. The third kappa shape index (κ3) is 3.25. The maximum absolute atomic E-state index is 13.1. The Morgan fingerprint density at radius 2 is 1.90 bits per heavy atom. The number of amides is 1. The average molecular weight is 420 g/mol. The summed E-state index contributed by atoms with van der Waals surface area (Å²) in [4.78, 5) is 19.2. The Bertz CT molecular complexity index is 1210. The van der Waals surface area contributed by atoms with Crippen molar-refractivity contribution in [1.82, 2.24) is 34.4 Å². The summed E-state index contributed by atoms with van der Waals surface area (Å²) >= 11 is 5.98. The molecule has 0 aliphatic carbocycles. The van der Waals surface area contributed by atoms with E-state index in [9.17, 15) is 4.79 Å². The number of carbonyl (C=O) groups is 1. The largest absolute Gasteiger partial charge is 0.328 e. The van der Waals surface area contributed by atoms with Crippen molar-refractivity contribution in [3.8, 4) is 22.8 Å². The third-order valence-electron chi connectivity index (χ3n) is 5.17. The second kappa shape index (κ2) is 7.38. The summed E-state index contributed by atoms with van der Waals surface area (Å²) in [6.07, 6.45) is 1.73. The Labute approximate surface area is 177 Å². The van der Waals surface area contributed by atoms with Gasteiger partial charge in [0.2, 0.25) is 0 Å². The number of rotatable bonds is 3. The normalized spacial score (nSPS) is 13.3. The fourth-order valence-corrected chi connectivity index (χ4v) is 3.77. The minimum Gasteiger partial charge on any atom is -0.328 e. The van der Waals surface area contributed by atoms with Crippen LogP contribution in [0.3, 0.4) is 0 Å². The number of pyridine rings is 1. The second-order valence-electron chi connectivity index (χ2n) is 7.08. The highest BCUT2D eigenvalue weighted by molar-refractivity contribution is 6.30. The maximum Gasteiger partial charge on any atom is 0.274 e. The van der Waals surface area contributed by atoms with Crippen LogP contribution in [0, 0.1) is 0 Å². The predicted octanol–water partition coefficient (Wildman–Crippen LogP) is 3.05. The molecule has 0 saturated carbocycles. The first-order valence-corrected chi connectivity index (χ1v) is 9.90. The number of aryl methyl sites for hydroxylation is 1. The van der Waals surface area contributed by atoms with E-state index in [1.54, 1.807) is 15.8 Å². The summed E-state index contributed by atoms with van der Waals surface area (Å²) in [7, 11) is 1.83. The Balaban J connectivity index is 1.38. The Morgan fingerprint density at radius 1 is 1.07 bits per heavy atom. The molecule has 150 valence electrons. The lowest BCUT2D eigenvalue weighted by molar-refractivity contribution is 0.0701. The topological polar surface area (TPSA) is 81.7 Å². The summed E-state index contributed by atoms with van der Waals surface area (Å²) < 4.78 is 3.73. The first-order chi connectivity index (χ1) is 14.6. The van der Waals surface area contributed by atoms with Crippen LogP contribution in [0.5, 0.6) is 0 Å². The van der Waals surface area contributed by atoms with E-state index < -0.39 is 0 Å². The number of nitrogens with zero attached hydrogens (tertiary/aromatic N) is 7. The van der Waals surface area contributed by atoms with Crippen LogP contribution in [0.1, 0.15) is 16.3 Å². The van der Waals surface area contributed by atoms with Gasteiger partial charge >= 0.3 is 0 Å². The highest BCUT2D eigenvalue weighted by Gasteiger charge is 2.27. The quantitative estimate of drug-likeness (QED) is 0.509. The molecule has 0 bridgehead atoms. The average Bonchev–Trinajstić information content (AvgIpc) is 3.37. The number of halogens is 1. The van der Waals surface area contributed by atoms with E-state index in [1.165, 1.54) is 0 Å². The summed E-state index contributed by atoms with van der Waals surface area (Å²) in [5.74, 6) is 1.34. The fourth-order valence-electron chi connectivity index (χ4n) is 3.64. The summed E-state index contributed by atoms with van der Waals surface area (Å²) in [5.41, 5.74) is 2.98. The molecule has 0 N–H and O–H groups in total. The molecule has 1 aliphatic heterocycles. The van der Waals surface area contributed by atoms with Crippen LogP contribution in [-0.2, 0) is 20.1 Å². The van der Waals surface area contributed by atoms with Crippen molar-refractivity contribution >= 4 is 17.5 Å². The van der Waals surface area contributed by atoms with Crippen LogP contribution >= 0.6 is 11.6 Å². The van der Waals surface area contributed by atoms with Crippen molar-refractivity contribution in [1.29, 1.82) is 0 Å². The van der Waals surface area contributed by atoms with E-state index in [1.807, 2.05) is 60.1 Å². The van der Waals surface area contributed by atoms with Crippen molar-refractivity contribution in [3.63, 3.8) is 0 Å². The molecule has 1 amide bonds. The molecule has 0 radical (unpaired) electrons. The van der Waals surface area contributed by atoms with E-state index in [2.05, 4.69) is 20.3 Å². The second-order valence-corrected chi connectivity index (χ2v) is 7.51. The first-order valence-electron chi connectivity index (χ1n) is 9.53. The highest BCUT2D eigenvalue weighted by Crippen LogP contribution is 2.24. The van der Waals surface area contributed by atoms with Crippen LogP contribution in [0.25, 0.3) is 22.8 Å². The van der Waals surface area contributed by atoms with Crippen LogP contribution in [0.15, 0.2) is 54.7 Å². The van der Waals surface area contributed by atoms with Crippen LogP contribution in [-0.4, -0.2) is 46.9 Å². The van der Waals surface area contributed by atoms with E-state index >= 15 is 0 Å². The molecule has 0 atom stereocenters. The smallest absolute Gasteiger partial charge is 0.274 e. The zero-order valence-electron chi connectivity index (χ0n) is 16.2. The maximum atomic E-state index is 13.1. The zero-order valence-corrected chi connectivity index (χ0v) is 17.0. The monoisotopic (exact) mass is 419 g/mol. The van der Waals surface area contributed by atoms with E-state index in [-0.39, 0.29) is 5.91 Å². The molecule has 8 nitrogen and oxygen atoms in total. The molecule has 9 heteroatoms. The van der Waals surface area contributed by atoms with Crippen LogP contribution in [0.4, 0.5) is 0 Å². The van der Waals surface area contributed by atoms with Crippen molar-refractivity contribution in [2.75, 3.05) is 6.54 Å². The Morgan fingerprint density at radius 3 is 2.67 bits per heavy atom. The number of aromatic nitrogens is 6. The van der Waals surface area contributed by atoms with Gasteiger partial charge in [-0.1, -0.05) is 29.8 Å². The molecule has 0 spiro atoms. The molecule has 1 aliphatic rings. The van der Waals surface area contributed by atoms with Gasteiger partial charge in [0.1, 0.15) is 5.69 Å². The van der Waals surface area contributed by atoms with Gasteiger partial charge in [-0.2, -0.15) is 5.10 Å². The lowest BCUT2D eigenvalue weighted by Gasteiger charge is -2.27. The van der Waals surface area contributed by atoms with Gasteiger partial charge in [-0.15, -0.1) is 10.2 Å². The predicted molar refractivity (Wildman–Crippen MR) is 112 cm³/mol. The summed E-state index contributed by atoms with van der Waals surface area (Å²) in [6, 6.07) is 15.0. The van der Waals surface area contributed by atoms with Gasteiger partial charge in [-0.05, 0) is 35.9 Å². The van der Waals surface area contributed by atoms with Crippen molar-refractivity contribution in [2.24, 2.45) is 7.05 Å². The molecular formula is C21H18ClN7O. The standard InChI is InChI=1S/C21H18ClN7O/c1-27-18(14-5-7-15(22)8-6-14)12-17(26-27)21(30)28-10-11-29-19(13-28)24-25-20(29)16-4-2-3-9-23-16/h2-9,12H,10-11,13H2,1H3. The zero-order chi connectivity index (χ0) is 20.7. The Kier molecular flexibility index (Phi) is 4.55. The van der Waals surface area contributed by atoms with Crippen molar-refractivity contribution in [2.45, 2.75) is 13.1 Å². The number of hydrogen-bond donors (Lipinski definition) is 0. The van der Waals surface area contributed by atoms with Gasteiger partial charge in [-0.3, -0.25) is 14.5 Å². The van der Waals surface area contributed by atoms with Gasteiger partial charge in [0.15, 0.2) is 17.3 Å².